The number of likely N-dealkylation sites (tertiary alicyclic amines) is 1. The Bertz CT molecular complexity index is 758. The summed E-state index contributed by atoms with van der Waals surface area (Å²) in [5, 5.41) is 23.4. The van der Waals surface area contributed by atoms with Crippen LogP contribution < -0.4 is 0 Å². The quantitative estimate of drug-likeness (QED) is 0.861. The first-order valence-electron chi connectivity index (χ1n) is 8.63. The van der Waals surface area contributed by atoms with Crippen LogP contribution in [0.3, 0.4) is 0 Å². The van der Waals surface area contributed by atoms with Crippen molar-refractivity contribution in [3.05, 3.63) is 29.7 Å². The highest BCUT2D eigenvalue weighted by atomic mass is 19.1. The Balaban J connectivity index is 1.80. The zero-order valence-corrected chi connectivity index (χ0v) is 14.4. The summed E-state index contributed by atoms with van der Waals surface area (Å²) in [6.45, 7) is 1.26. The lowest BCUT2D eigenvalue weighted by molar-refractivity contribution is 0.0408. The monoisotopic (exact) mass is 349 g/mol. The van der Waals surface area contributed by atoms with E-state index in [0.717, 1.165) is 18.4 Å². The van der Waals surface area contributed by atoms with Crippen molar-refractivity contribution in [2.75, 3.05) is 26.3 Å². The SMILES string of the molecule is Cn1nc(C(=O)N2CCC(CCO)(CCO)CC2)c2cc(F)ccc21. The number of aryl methyl sites for hydroxylation is 1. The Kier molecular flexibility index (Phi) is 5.06. The molecular formula is C18H24FN3O3. The lowest BCUT2D eigenvalue weighted by Gasteiger charge is -2.41. The van der Waals surface area contributed by atoms with E-state index in [1.807, 2.05) is 0 Å². The van der Waals surface area contributed by atoms with E-state index in [4.69, 9.17) is 0 Å². The Morgan fingerprint density at radius 2 is 1.88 bits per heavy atom. The topological polar surface area (TPSA) is 78.6 Å². The highest BCUT2D eigenvalue weighted by molar-refractivity contribution is 6.04. The van der Waals surface area contributed by atoms with Crippen molar-refractivity contribution in [3.63, 3.8) is 0 Å². The fourth-order valence-corrected chi connectivity index (χ4v) is 3.83. The van der Waals surface area contributed by atoms with E-state index >= 15 is 0 Å². The molecule has 0 saturated carbocycles. The first-order valence-corrected chi connectivity index (χ1v) is 8.63. The van der Waals surface area contributed by atoms with E-state index in [9.17, 15) is 19.4 Å². The second kappa shape index (κ2) is 7.09. The third-order valence-electron chi connectivity index (χ3n) is 5.41. The van der Waals surface area contributed by atoms with E-state index in [1.165, 1.54) is 12.1 Å². The molecule has 2 aromatic rings. The molecule has 0 unspecified atom stereocenters. The van der Waals surface area contributed by atoms with Gasteiger partial charge in [-0.15, -0.1) is 0 Å². The van der Waals surface area contributed by atoms with Crippen LogP contribution in [-0.4, -0.2) is 57.1 Å². The lowest BCUT2D eigenvalue weighted by Crippen LogP contribution is -2.44. The van der Waals surface area contributed by atoms with Gasteiger partial charge < -0.3 is 15.1 Å². The number of nitrogens with zero attached hydrogens (tertiary/aromatic N) is 3. The molecule has 1 aromatic heterocycles. The number of halogens is 1. The Hall–Kier alpha value is -1.99. The number of rotatable bonds is 5. The molecule has 1 saturated heterocycles. The number of piperidine rings is 1. The molecule has 136 valence electrons. The number of aliphatic hydroxyl groups is 2. The van der Waals surface area contributed by atoms with Gasteiger partial charge in [0.1, 0.15) is 5.82 Å². The zero-order chi connectivity index (χ0) is 18.0. The molecule has 6 nitrogen and oxygen atoms in total. The van der Waals surface area contributed by atoms with Crippen molar-refractivity contribution in [2.24, 2.45) is 12.5 Å². The summed E-state index contributed by atoms with van der Waals surface area (Å²) in [6, 6.07) is 4.33. The van der Waals surface area contributed by atoms with Gasteiger partial charge in [-0.3, -0.25) is 9.48 Å². The fourth-order valence-electron chi connectivity index (χ4n) is 3.83. The predicted molar refractivity (Wildman–Crippen MR) is 91.6 cm³/mol. The van der Waals surface area contributed by atoms with Crippen LogP contribution in [0, 0.1) is 11.2 Å². The molecule has 2 heterocycles. The molecule has 7 heteroatoms. The fraction of sp³-hybridized carbons (Fsp3) is 0.556. The summed E-state index contributed by atoms with van der Waals surface area (Å²) >= 11 is 0. The van der Waals surface area contributed by atoms with Crippen molar-refractivity contribution in [3.8, 4) is 0 Å². The van der Waals surface area contributed by atoms with Crippen LogP contribution >= 0.6 is 0 Å². The summed E-state index contributed by atoms with van der Waals surface area (Å²) in [4.78, 5) is 14.6. The van der Waals surface area contributed by atoms with Gasteiger partial charge in [-0.25, -0.2) is 4.39 Å². The highest BCUT2D eigenvalue weighted by Crippen LogP contribution is 2.38. The zero-order valence-electron chi connectivity index (χ0n) is 14.4. The third kappa shape index (κ3) is 3.39. The van der Waals surface area contributed by atoms with Gasteiger partial charge in [0, 0.05) is 38.7 Å². The van der Waals surface area contributed by atoms with Gasteiger partial charge in [0.15, 0.2) is 5.69 Å². The average molecular weight is 349 g/mol. The molecule has 1 aliphatic rings. The van der Waals surface area contributed by atoms with E-state index in [1.54, 1.807) is 22.7 Å². The highest BCUT2D eigenvalue weighted by Gasteiger charge is 2.36. The molecule has 1 fully saturated rings. The van der Waals surface area contributed by atoms with Crippen molar-refractivity contribution in [1.29, 1.82) is 0 Å². The molecule has 0 radical (unpaired) electrons. The number of hydrogen-bond donors (Lipinski definition) is 2. The summed E-state index contributed by atoms with van der Waals surface area (Å²) in [7, 11) is 1.74. The Morgan fingerprint density at radius 1 is 1.24 bits per heavy atom. The van der Waals surface area contributed by atoms with Gasteiger partial charge in [-0.1, -0.05) is 0 Å². The number of carbonyl (C=O) groups is 1. The molecule has 0 atom stereocenters. The number of hydrogen-bond acceptors (Lipinski definition) is 4. The van der Waals surface area contributed by atoms with E-state index in [0.29, 0.717) is 31.3 Å². The molecule has 1 amide bonds. The maximum atomic E-state index is 13.6. The van der Waals surface area contributed by atoms with Gasteiger partial charge in [0.2, 0.25) is 0 Å². The minimum atomic E-state index is -0.391. The molecule has 0 bridgehead atoms. The molecule has 1 aliphatic heterocycles. The number of amides is 1. The van der Waals surface area contributed by atoms with Gasteiger partial charge in [0.05, 0.1) is 5.52 Å². The average Bonchev–Trinajstić information content (AvgIpc) is 2.91. The Labute approximate surface area is 145 Å². The second-order valence-corrected chi connectivity index (χ2v) is 6.87. The van der Waals surface area contributed by atoms with Crippen molar-refractivity contribution >= 4 is 16.8 Å². The van der Waals surface area contributed by atoms with E-state index in [2.05, 4.69) is 5.10 Å². The standard InChI is InChI=1S/C18H24FN3O3/c1-21-15-3-2-13(19)12-14(15)16(20-21)17(25)22-8-4-18(5-9-22,6-10-23)7-11-24/h2-3,12,23-24H,4-11H2,1H3. The molecule has 25 heavy (non-hydrogen) atoms. The van der Waals surface area contributed by atoms with E-state index in [-0.39, 0.29) is 30.2 Å². The summed E-state index contributed by atoms with van der Waals surface area (Å²) < 4.78 is 15.2. The van der Waals surface area contributed by atoms with E-state index < -0.39 is 5.82 Å². The third-order valence-corrected chi connectivity index (χ3v) is 5.41. The molecule has 1 aromatic carbocycles. The first-order chi connectivity index (χ1) is 12.0. The van der Waals surface area contributed by atoms with Crippen LogP contribution in [0.4, 0.5) is 4.39 Å². The molecule has 0 spiro atoms. The maximum Gasteiger partial charge on any atom is 0.275 e. The maximum absolute atomic E-state index is 13.6. The largest absolute Gasteiger partial charge is 0.396 e. The summed E-state index contributed by atoms with van der Waals surface area (Å²) in [5.41, 5.74) is 0.879. The Morgan fingerprint density at radius 3 is 2.48 bits per heavy atom. The van der Waals surface area contributed by atoms with Gasteiger partial charge >= 0.3 is 0 Å². The van der Waals surface area contributed by atoms with Gasteiger partial charge in [-0.2, -0.15) is 5.10 Å². The number of fused-ring (bicyclic) bond motifs is 1. The van der Waals surface area contributed by atoms with Crippen molar-refractivity contribution < 1.29 is 19.4 Å². The smallest absolute Gasteiger partial charge is 0.275 e. The molecule has 3 rings (SSSR count). The van der Waals surface area contributed by atoms with Crippen LogP contribution in [0.15, 0.2) is 18.2 Å². The van der Waals surface area contributed by atoms with Gasteiger partial charge in [0.25, 0.3) is 5.91 Å². The second-order valence-electron chi connectivity index (χ2n) is 6.87. The lowest BCUT2D eigenvalue weighted by atomic mass is 9.73. The molecule has 2 N–H and O–H groups in total. The van der Waals surface area contributed by atoms with Crippen molar-refractivity contribution in [2.45, 2.75) is 25.7 Å². The van der Waals surface area contributed by atoms with Crippen LogP contribution in [0.2, 0.25) is 0 Å². The number of aromatic nitrogens is 2. The van der Waals surface area contributed by atoms with Crippen LogP contribution in [0.1, 0.15) is 36.2 Å². The minimum absolute atomic E-state index is 0.0815. The first kappa shape index (κ1) is 17.8. The van der Waals surface area contributed by atoms with Crippen LogP contribution in [-0.2, 0) is 7.05 Å². The number of aliphatic hydroxyl groups excluding tert-OH is 2. The molecular weight excluding hydrogens is 325 g/mol. The van der Waals surface area contributed by atoms with Crippen LogP contribution in [0.25, 0.3) is 10.9 Å². The summed E-state index contributed by atoms with van der Waals surface area (Å²) in [6.07, 6.45) is 2.73. The van der Waals surface area contributed by atoms with Crippen LogP contribution in [0.5, 0.6) is 0 Å². The summed E-state index contributed by atoms with van der Waals surface area (Å²) in [5.74, 6) is -0.587. The predicted octanol–water partition coefficient (Wildman–Crippen LogP) is 1.70. The molecule has 0 aliphatic carbocycles. The van der Waals surface area contributed by atoms with Gasteiger partial charge in [-0.05, 0) is 49.3 Å². The van der Waals surface area contributed by atoms with Crippen molar-refractivity contribution in [1.82, 2.24) is 14.7 Å². The number of carbonyl (C=O) groups excluding carboxylic acids is 1. The number of benzene rings is 1. The normalized spacial score (nSPS) is 17.2. The minimum Gasteiger partial charge on any atom is -0.396 e.